The van der Waals surface area contributed by atoms with Crippen LogP contribution in [-0.4, -0.2) is 24.3 Å². The zero-order valence-corrected chi connectivity index (χ0v) is 17.4. The Kier molecular flexibility index (Phi) is 7.11. The van der Waals surface area contributed by atoms with Gasteiger partial charge in [-0.25, -0.2) is 9.59 Å². The van der Waals surface area contributed by atoms with Crippen LogP contribution >= 0.6 is 0 Å². The van der Waals surface area contributed by atoms with Crippen LogP contribution in [0.4, 0.5) is 26.3 Å². The number of esters is 2. The van der Waals surface area contributed by atoms with Gasteiger partial charge in [0.25, 0.3) is 0 Å². The summed E-state index contributed by atoms with van der Waals surface area (Å²) in [6.07, 6.45) is -11.8. The Balaban J connectivity index is 2.78. The van der Waals surface area contributed by atoms with Crippen LogP contribution in [0.25, 0.3) is 0 Å². The summed E-state index contributed by atoms with van der Waals surface area (Å²) in [5, 5.41) is 0. The van der Waals surface area contributed by atoms with Gasteiger partial charge >= 0.3 is 24.3 Å². The van der Waals surface area contributed by atoms with E-state index in [1.807, 2.05) is 0 Å². The molecule has 0 aliphatic heterocycles. The molecule has 10 heteroatoms. The molecule has 0 atom stereocenters. The maximum atomic E-state index is 14.3. The Hall–Kier alpha value is -3.56. The van der Waals surface area contributed by atoms with E-state index in [1.54, 1.807) is 0 Å². The highest BCUT2D eigenvalue weighted by Crippen LogP contribution is 2.56. The van der Waals surface area contributed by atoms with Crippen molar-refractivity contribution in [3.05, 3.63) is 84.0 Å². The van der Waals surface area contributed by atoms with E-state index in [4.69, 9.17) is 9.47 Å². The van der Waals surface area contributed by atoms with E-state index in [1.165, 1.54) is 13.8 Å². The lowest BCUT2D eigenvalue weighted by Gasteiger charge is -2.38. The molecule has 0 aromatic heterocycles. The summed E-state index contributed by atoms with van der Waals surface area (Å²) >= 11 is 0. The second kappa shape index (κ2) is 9.13. The van der Waals surface area contributed by atoms with Crippen molar-refractivity contribution in [2.75, 3.05) is 0 Å². The van der Waals surface area contributed by atoms with Crippen molar-refractivity contribution in [2.24, 2.45) is 0 Å². The van der Waals surface area contributed by atoms with Crippen molar-refractivity contribution in [2.45, 2.75) is 31.6 Å². The van der Waals surface area contributed by atoms with E-state index < -0.39 is 52.3 Å². The van der Waals surface area contributed by atoms with Crippen LogP contribution in [0.3, 0.4) is 0 Å². The van der Waals surface area contributed by atoms with Crippen molar-refractivity contribution in [1.29, 1.82) is 0 Å². The molecule has 0 unspecified atom stereocenters. The highest BCUT2D eigenvalue weighted by Gasteiger charge is 2.72. The Morgan fingerprint density at radius 2 is 1.03 bits per heavy atom. The van der Waals surface area contributed by atoms with Gasteiger partial charge in [-0.2, -0.15) is 26.3 Å². The second-order valence-electron chi connectivity index (χ2n) is 7.14. The van der Waals surface area contributed by atoms with E-state index in [-0.39, 0.29) is 11.1 Å². The molecule has 0 N–H and O–H groups in total. The number of hydrogen-bond acceptors (Lipinski definition) is 4. The number of ether oxygens (including phenoxy) is 2. The van der Waals surface area contributed by atoms with E-state index in [9.17, 15) is 35.9 Å². The van der Waals surface area contributed by atoms with Crippen LogP contribution < -0.4 is 9.47 Å². The van der Waals surface area contributed by atoms with Crippen molar-refractivity contribution >= 4 is 11.9 Å². The predicted molar refractivity (Wildman–Crippen MR) is 107 cm³/mol. The number of alkyl halides is 6. The Labute approximate surface area is 185 Å². The van der Waals surface area contributed by atoms with Crippen molar-refractivity contribution in [3.63, 3.8) is 0 Å². The SMILES string of the molecule is C=C(C)C(=O)Oc1cccc(C(c2cccc(OC(=O)C(=C)C)c2)(C(F)(F)F)C(F)(F)F)c1. The van der Waals surface area contributed by atoms with Crippen molar-refractivity contribution in [3.8, 4) is 11.5 Å². The molecule has 2 aromatic rings. The number of benzene rings is 2. The molecule has 0 bridgehead atoms. The predicted octanol–water partition coefficient (Wildman–Crippen LogP) is 6.06. The monoisotopic (exact) mass is 472 g/mol. The molecule has 0 saturated heterocycles. The summed E-state index contributed by atoms with van der Waals surface area (Å²) in [6.45, 7) is 9.15. The summed E-state index contributed by atoms with van der Waals surface area (Å²) in [5.74, 6) is -3.12. The maximum absolute atomic E-state index is 14.3. The third-order valence-electron chi connectivity index (χ3n) is 4.50. The minimum Gasteiger partial charge on any atom is -0.423 e. The lowest BCUT2D eigenvalue weighted by Crippen LogP contribution is -2.54. The highest BCUT2D eigenvalue weighted by atomic mass is 19.4. The average molecular weight is 472 g/mol. The standard InChI is InChI=1S/C23H18F6O4/c1-13(2)19(30)32-17-9-5-7-15(11-17)21(22(24,25)26,23(27,28)29)16-8-6-10-18(12-16)33-20(31)14(3)4/h5-12H,1,3H2,2,4H3. The van der Waals surface area contributed by atoms with Gasteiger partial charge in [-0.3, -0.25) is 0 Å². The van der Waals surface area contributed by atoms with Gasteiger partial charge in [-0.1, -0.05) is 37.4 Å². The Morgan fingerprint density at radius 3 is 1.30 bits per heavy atom. The van der Waals surface area contributed by atoms with Gasteiger partial charge < -0.3 is 9.47 Å². The topological polar surface area (TPSA) is 52.6 Å². The lowest BCUT2D eigenvalue weighted by molar-refractivity contribution is -0.288. The number of hydrogen-bond donors (Lipinski definition) is 0. The van der Waals surface area contributed by atoms with Crippen molar-refractivity contribution < 1.29 is 45.4 Å². The summed E-state index contributed by atoms with van der Waals surface area (Å²) in [5.41, 5.74) is -7.25. The molecule has 0 heterocycles. The third-order valence-corrected chi connectivity index (χ3v) is 4.50. The summed E-state index contributed by atoms with van der Waals surface area (Å²) < 4.78 is 95.6. The van der Waals surface area contributed by atoms with Gasteiger partial charge in [0.15, 0.2) is 0 Å². The smallest absolute Gasteiger partial charge is 0.411 e. The minimum atomic E-state index is -5.89. The van der Waals surface area contributed by atoms with Crippen LogP contribution in [0.5, 0.6) is 11.5 Å². The fraction of sp³-hybridized carbons (Fsp3) is 0.217. The molecule has 4 nitrogen and oxygen atoms in total. The van der Waals surface area contributed by atoms with Crippen LogP contribution in [0.1, 0.15) is 25.0 Å². The molecule has 0 radical (unpaired) electrons. The average Bonchev–Trinajstić information content (AvgIpc) is 2.66. The molecular formula is C23H18F6O4. The number of carbonyl (C=O) groups excluding carboxylic acids is 2. The molecule has 33 heavy (non-hydrogen) atoms. The first-order valence-electron chi connectivity index (χ1n) is 9.21. The molecular weight excluding hydrogens is 454 g/mol. The van der Waals surface area contributed by atoms with Crippen LogP contribution in [-0.2, 0) is 15.0 Å². The molecule has 0 amide bonds. The number of carbonyl (C=O) groups is 2. The van der Waals surface area contributed by atoms with E-state index in [0.29, 0.717) is 24.3 Å². The second-order valence-corrected chi connectivity index (χ2v) is 7.14. The fourth-order valence-corrected chi connectivity index (χ4v) is 2.96. The Morgan fingerprint density at radius 1 is 0.697 bits per heavy atom. The van der Waals surface area contributed by atoms with E-state index in [2.05, 4.69) is 13.2 Å². The van der Waals surface area contributed by atoms with E-state index in [0.717, 1.165) is 24.3 Å². The summed E-state index contributed by atoms with van der Waals surface area (Å²) in [6, 6.07) is 6.06. The molecule has 0 fully saturated rings. The molecule has 176 valence electrons. The molecule has 0 saturated carbocycles. The highest BCUT2D eigenvalue weighted by molar-refractivity contribution is 5.89. The van der Waals surface area contributed by atoms with Crippen LogP contribution in [0.2, 0.25) is 0 Å². The lowest BCUT2D eigenvalue weighted by atomic mass is 9.73. The zero-order valence-electron chi connectivity index (χ0n) is 17.4. The van der Waals surface area contributed by atoms with E-state index >= 15 is 0 Å². The first kappa shape index (κ1) is 25.7. The quantitative estimate of drug-likeness (QED) is 0.222. The van der Waals surface area contributed by atoms with Gasteiger partial charge in [0.05, 0.1) is 0 Å². The van der Waals surface area contributed by atoms with Crippen LogP contribution in [0.15, 0.2) is 72.8 Å². The Bertz CT molecular complexity index is 1010. The maximum Gasteiger partial charge on any atom is 0.411 e. The van der Waals surface area contributed by atoms with Gasteiger partial charge in [0, 0.05) is 11.1 Å². The molecule has 0 aliphatic rings. The molecule has 0 spiro atoms. The fourth-order valence-electron chi connectivity index (χ4n) is 2.96. The first-order valence-corrected chi connectivity index (χ1v) is 9.21. The van der Waals surface area contributed by atoms with Crippen molar-refractivity contribution in [1.82, 2.24) is 0 Å². The third kappa shape index (κ3) is 5.10. The first-order chi connectivity index (χ1) is 15.1. The van der Waals surface area contributed by atoms with Gasteiger partial charge in [0.1, 0.15) is 11.5 Å². The minimum absolute atomic E-state index is 0.106. The number of halogens is 6. The van der Waals surface area contributed by atoms with Gasteiger partial charge in [0.2, 0.25) is 5.41 Å². The summed E-state index contributed by atoms with van der Waals surface area (Å²) in [7, 11) is 0. The van der Waals surface area contributed by atoms with Crippen LogP contribution in [0, 0.1) is 0 Å². The normalized spacial score (nSPS) is 12.1. The summed E-state index contributed by atoms with van der Waals surface area (Å²) in [4.78, 5) is 23.4. The largest absolute Gasteiger partial charge is 0.423 e. The molecule has 2 rings (SSSR count). The molecule has 0 aliphatic carbocycles. The number of rotatable bonds is 6. The molecule has 2 aromatic carbocycles. The van der Waals surface area contributed by atoms with Gasteiger partial charge in [-0.15, -0.1) is 0 Å². The zero-order chi connectivity index (χ0) is 25.2. The van der Waals surface area contributed by atoms with Gasteiger partial charge in [-0.05, 0) is 49.2 Å².